The van der Waals surface area contributed by atoms with Gasteiger partial charge in [-0.15, -0.1) is 4.40 Å². The molecule has 2 aromatic carbocycles. The van der Waals surface area contributed by atoms with E-state index in [-0.39, 0.29) is 10.8 Å². The van der Waals surface area contributed by atoms with E-state index in [1.807, 2.05) is 6.92 Å². The van der Waals surface area contributed by atoms with Gasteiger partial charge in [0.05, 0.1) is 10.5 Å². The smallest absolute Gasteiger partial charge is 0.344 e. The van der Waals surface area contributed by atoms with Crippen LogP contribution in [-0.2, 0) is 14.8 Å². The van der Waals surface area contributed by atoms with Gasteiger partial charge in [-0.3, -0.25) is 0 Å². The highest BCUT2D eigenvalue weighted by Crippen LogP contribution is 2.14. The van der Waals surface area contributed by atoms with E-state index < -0.39 is 16.0 Å². The summed E-state index contributed by atoms with van der Waals surface area (Å²) in [4.78, 5) is 11.9. The molecule has 2 aromatic rings. The molecule has 0 amide bonds. The monoisotopic (exact) mass is 317 g/mol. The highest BCUT2D eigenvalue weighted by molar-refractivity contribution is 7.90. The van der Waals surface area contributed by atoms with Crippen molar-refractivity contribution in [2.45, 2.75) is 18.7 Å². The largest absolute Gasteiger partial charge is 0.407 e. The van der Waals surface area contributed by atoms with Crippen molar-refractivity contribution in [1.82, 2.24) is 0 Å². The summed E-state index contributed by atoms with van der Waals surface area (Å²) in [7, 11) is -3.89. The van der Waals surface area contributed by atoms with E-state index in [1.165, 1.54) is 19.1 Å². The van der Waals surface area contributed by atoms with Gasteiger partial charge in [-0.25, -0.2) is 4.79 Å². The summed E-state index contributed by atoms with van der Waals surface area (Å²) in [6, 6.07) is 14.5. The second-order valence-electron chi connectivity index (χ2n) is 4.65. The average molecular weight is 317 g/mol. The summed E-state index contributed by atoms with van der Waals surface area (Å²) >= 11 is 0. The summed E-state index contributed by atoms with van der Waals surface area (Å²) in [5, 5.41) is 0. The number of carbonyl (C=O) groups is 1. The van der Waals surface area contributed by atoms with Gasteiger partial charge in [0, 0.05) is 6.92 Å². The first kappa shape index (κ1) is 15.9. The van der Waals surface area contributed by atoms with Crippen molar-refractivity contribution in [3.63, 3.8) is 0 Å². The average Bonchev–Trinajstić information content (AvgIpc) is 2.48. The molecule has 0 unspecified atom stereocenters. The van der Waals surface area contributed by atoms with Crippen molar-refractivity contribution in [2.75, 3.05) is 0 Å². The third-order valence-electron chi connectivity index (χ3n) is 2.82. The van der Waals surface area contributed by atoms with Gasteiger partial charge < -0.3 is 4.74 Å². The number of hydrogen-bond acceptors (Lipinski definition) is 4. The second kappa shape index (κ2) is 6.53. The summed E-state index contributed by atoms with van der Waals surface area (Å²) in [5.41, 5.74) is 1.26. The third kappa shape index (κ3) is 4.02. The third-order valence-corrected chi connectivity index (χ3v) is 4.18. The van der Waals surface area contributed by atoms with Crippen LogP contribution in [0.15, 0.2) is 63.9 Å². The molecule has 0 aliphatic rings. The van der Waals surface area contributed by atoms with E-state index in [2.05, 4.69) is 4.40 Å². The number of hydrogen-bond donors (Lipinski definition) is 0. The number of benzene rings is 2. The van der Waals surface area contributed by atoms with E-state index in [4.69, 9.17) is 4.74 Å². The Morgan fingerprint density at radius 3 is 2.18 bits per heavy atom. The molecule has 6 heteroatoms. The molecule has 0 heterocycles. The Balaban J connectivity index is 2.18. The van der Waals surface area contributed by atoms with E-state index in [1.54, 1.807) is 42.5 Å². The van der Waals surface area contributed by atoms with Crippen LogP contribution in [0.3, 0.4) is 0 Å². The fourth-order valence-corrected chi connectivity index (χ4v) is 2.68. The molecule has 2 rings (SSSR count). The van der Waals surface area contributed by atoms with Crippen LogP contribution in [0.25, 0.3) is 0 Å². The van der Waals surface area contributed by atoms with Crippen molar-refractivity contribution < 1.29 is 17.9 Å². The first-order valence-corrected chi connectivity index (χ1v) is 7.98. The highest BCUT2D eigenvalue weighted by atomic mass is 32.2. The Hall–Kier alpha value is -2.47. The molecule has 114 valence electrons. The molecule has 0 bridgehead atoms. The predicted octanol–water partition coefficient (Wildman–Crippen LogP) is 2.96. The lowest BCUT2D eigenvalue weighted by atomic mass is 10.2. The summed E-state index contributed by atoms with van der Waals surface area (Å²) < 4.78 is 32.7. The molecule has 0 aliphatic carbocycles. The van der Waals surface area contributed by atoms with Crippen molar-refractivity contribution in [1.29, 1.82) is 0 Å². The van der Waals surface area contributed by atoms with Crippen LogP contribution in [0.4, 0.5) is 0 Å². The maximum Gasteiger partial charge on any atom is 0.344 e. The minimum atomic E-state index is -3.89. The lowest BCUT2D eigenvalue weighted by Gasteiger charge is -2.04. The standard InChI is InChI=1S/C16H15NO4S/c1-12-8-10-15(11-9-12)22(19,20)17-13(2)21-16(18)14-6-4-3-5-7-14/h3-11H,1-2H3. The molecule has 0 fully saturated rings. The van der Waals surface area contributed by atoms with Crippen LogP contribution in [0.1, 0.15) is 22.8 Å². The minimum Gasteiger partial charge on any atom is -0.407 e. The molecule has 0 saturated heterocycles. The van der Waals surface area contributed by atoms with Crippen molar-refractivity contribution >= 4 is 21.9 Å². The summed E-state index contributed by atoms with van der Waals surface area (Å²) in [5.74, 6) is -0.879. The minimum absolute atomic E-state index is 0.0493. The van der Waals surface area contributed by atoms with Gasteiger partial charge in [0.25, 0.3) is 10.0 Å². The molecule has 0 saturated carbocycles. The Morgan fingerprint density at radius 2 is 1.59 bits per heavy atom. The maximum absolute atomic E-state index is 12.1. The molecule has 0 aromatic heterocycles. The van der Waals surface area contributed by atoms with Crippen molar-refractivity contribution in [2.24, 2.45) is 4.40 Å². The number of rotatable bonds is 3. The Labute approximate surface area is 129 Å². The highest BCUT2D eigenvalue weighted by Gasteiger charge is 2.15. The molecule has 0 N–H and O–H groups in total. The van der Waals surface area contributed by atoms with Crippen LogP contribution < -0.4 is 0 Å². The summed E-state index contributed by atoms with van der Waals surface area (Å²) in [6.07, 6.45) is 0. The maximum atomic E-state index is 12.1. The van der Waals surface area contributed by atoms with Crippen LogP contribution in [0.2, 0.25) is 0 Å². The SMILES string of the molecule is CC(=NS(=O)(=O)c1ccc(C)cc1)OC(=O)c1ccccc1. The molecule has 5 nitrogen and oxygen atoms in total. The molecular formula is C16H15NO4S. The fourth-order valence-electron chi connectivity index (χ4n) is 1.72. The first-order valence-electron chi connectivity index (χ1n) is 6.54. The quantitative estimate of drug-likeness (QED) is 0.495. The van der Waals surface area contributed by atoms with Gasteiger partial charge in [-0.2, -0.15) is 8.42 Å². The second-order valence-corrected chi connectivity index (χ2v) is 6.26. The van der Waals surface area contributed by atoms with E-state index >= 15 is 0 Å². The van der Waals surface area contributed by atoms with Crippen LogP contribution >= 0.6 is 0 Å². The van der Waals surface area contributed by atoms with E-state index in [9.17, 15) is 13.2 Å². The lowest BCUT2D eigenvalue weighted by Crippen LogP contribution is -2.12. The zero-order valence-electron chi connectivity index (χ0n) is 12.2. The normalized spacial score (nSPS) is 12.0. The van der Waals surface area contributed by atoms with Gasteiger partial charge in [-0.05, 0) is 31.2 Å². The topological polar surface area (TPSA) is 72.8 Å². The van der Waals surface area contributed by atoms with E-state index in [0.29, 0.717) is 5.56 Å². The molecule has 0 atom stereocenters. The molecule has 0 aliphatic heterocycles. The molecule has 0 radical (unpaired) electrons. The first-order chi connectivity index (χ1) is 10.4. The number of ether oxygens (including phenoxy) is 1. The van der Waals surface area contributed by atoms with Gasteiger partial charge in [-0.1, -0.05) is 35.9 Å². The van der Waals surface area contributed by atoms with Gasteiger partial charge in [0.15, 0.2) is 0 Å². The molecular weight excluding hydrogens is 302 g/mol. The zero-order valence-corrected chi connectivity index (χ0v) is 13.0. The molecule has 22 heavy (non-hydrogen) atoms. The van der Waals surface area contributed by atoms with Crippen LogP contribution in [-0.4, -0.2) is 20.3 Å². The zero-order chi connectivity index (χ0) is 16.2. The van der Waals surface area contributed by atoms with Crippen LogP contribution in [0.5, 0.6) is 0 Å². The lowest BCUT2D eigenvalue weighted by molar-refractivity contribution is 0.0716. The van der Waals surface area contributed by atoms with Gasteiger partial charge >= 0.3 is 5.97 Å². The number of esters is 1. The predicted molar refractivity (Wildman–Crippen MR) is 83.3 cm³/mol. The Morgan fingerprint density at radius 1 is 1.00 bits per heavy atom. The summed E-state index contributed by atoms with van der Waals surface area (Å²) in [6.45, 7) is 3.18. The number of nitrogens with zero attached hydrogens (tertiary/aromatic N) is 1. The van der Waals surface area contributed by atoms with Crippen molar-refractivity contribution in [3.8, 4) is 0 Å². The van der Waals surface area contributed by atoms with E-state index in [0.717, 1.165) is 5.56 Å². The van der Waals surface area contributed by atoms with Gasteiger partial charge in [0.1, 0.15) is 0 Å². The van der Waals surface area contributed by atoms with Crippen LogP contribution in [0, 0.1) is 6.92 Å². The molecule has 0 spiro atoms. The van der Waals surface area contributed by atoms with Crippen molar-refractivity contribution in [3.05, 3.63) is 65.7 Å². The Kier molecular flexibility index (Phi) is 4.72. The number of sulfonamides is 1. The number of aryl methyl sites for hydroxylation is 1. The van der Waals surface area contributed by atoms with Gasteiger partial charge in [0.2, 0.25) is 5.90 Å². The number of carbonyl (C=O) groups excluding carboxylic acids is 1. The Bertz CT molecular complexity index is 794. The fraction of sp³-hybridized carbons (Fsp3) is 0.125.